The summed E-state index contributed by atoms with van der Waals surface area (Å²) in [6.07, 6.45) is 11.0. The maximum Gasteiger partial charge on any atom is 0.411 e. The van der Waals surface area contributed by atoms with E-state index in [9.17, 15) is 4.79 Å². The number of tetrazole rings is 1. The maximum atomic E-state index is 15.3. The number of carbonyl (C=O) groups is 1. The summed E-state index contributed by atoms with van der Waals surface area (Å²) in [5.74, 6) is 0.0513. The van der Waals surface area contributed by atoms with Crippen LogP contribution in [0.2, 0.25) is 5.02 Å². The minimum Gasteiger partial charge on any atom is -0.453 e. The molecule has 1 unspecified atom stereocenters. The van der Waals surface area contributed by atoms with Gasteiger partial charge in [0, 0.05) is 29.2 Å². The van der Waals surface area contributed by atoms with E-state index in [4.69, 9.17) is 21.7 Å². The molecule has 1 aliphatic rings. The van der Waals surface area contributed by atoms with Gasteiger partial charge in [0.25, 0.3) is 6.33 Å². The highest BCUT2D eigenvalue weighted by Gasteiger charge is 2.27. The van der Waals surface area contributed by atoms with Crippen molar-refractivity contribution in [3.05, 3.63) is 90.0 Å². The third-order valence-corrected chi connectivity index (χ3v) is 7.77. The van der Waals surface area contributed by atoms with Crippen LogP contribution in [0.4, 0.5) is 14.9 Å². The van der Waals surface area contributed by atoms with Gasteiger partial charge in [-0.2, -0.15) is 5.10 Å². The summed E-state index contributed by atoms with van der Waals surface area (Å²) < 4.78 is 23.4. The van der Waals surface area contributed by atoms with Crippen molar-refractivity contribution in [3.63, 3.8) is 0 Å². The van der Waals surface area contributed by atoms with Gasteiger partial charge >= 0.3 is 6.09 Å². The Morgan fingerprint density at radius 2 is 1.95 bits per heavy atom. The SMILES string of the molecule is COC(=O)Nc1ccc(-c2cnn(C(CC3CCC3)c3ccc(-c4c(-[n+]5cnn[nH]5)ccc(Cl)c4F)cn3)c2)cc1. The minimum absolute atomic E-state index is 0.0157. The van der Waals surface area contributed by atoms with Gasteiger partial charge in [-0.3, -0.25) is 15.0 Å². The molecule has 0 radical (unpaired) electrons. The second-order valence-corrected chi connectivity index (χ2v) is 10.4. The van der Waals surface area contributed by atoms with Gasteiger partial charge in [-0.15, -0.1) is 4.68 Å². The van der Waals surface area contributed by atoms with Crippen LogP contribution in [0.25, 0.3) is 27.9 Å². The van der Waals surface area contributed by atoms with Crippen molar-refractivity contribution in [3.8, 4) is 27.9 Å². The first kappa shape index (κ1) is 26.6. The number of hydrogen-bond acceptors (Lipinski definition) is 6. The minimum atomic E-state index is -0.545. The van der Waals surface area contributed by atoms with Crippen molar-refractivity contribution in [1.29, 1.82) is 0 Å². The summed E-state index contributed by atoms with van der Waals surface area (Å²) in [6.45, 7) is 0. The van der Waals surface area contributed by atoms with Crippen LogP contribution < -0.4 is 10.00 Å². The number of carbonyl (C=O) groups excluding carboxylic acids is 1. The average Bonchev–Trinajstić information content (AvgIpc) is 3.68. The molecule has 208 valence electrons. The number of rotatable bonds is 8. The number of methoxy groups -OCH3 is 1. The Bertz CT molecular complexity index is 1650. The monoisotopic (exact) mass is 573 g/mol. The summed E-state index contributed by atoms with van der Waals surface area (Å²) in [6, 6.07) is 14.4. The van der Waals surface area contributed by atoms with E-state index in [2.05, 4.69) is 25.6 Å². The van der Waals surface area contributed by atoms with Crippen LogP contribution in [-0.2, 0) is 4.74 Å². The molecule has 3 heterocycles. The Balaban J connectivity index is 1.30. The predicted molar refractivity (Wildman–Crippen MR) is 150 cm³/mol. The van der Waals surface area contributed by atoms with Crippen molar-refractivity contribution >= 4 is 23.4 Å². The van der Waals surface area contributed by atoms with Gasteiger partial charge in [0.1, 0.15) is 10.8 Å². The molecule has 3 aromatic heterocycles. The van der Waals surface area contributed by atoms with Crippen molar-refractivity contribution in [2.45, 2.75) is 31.7 Å². The van der Waals surface area contributed by atoms with Crippen molar-refractivity contribution in [1.82, 2.24) is 30.3 Å². The number of benzene rings is 2. The highest BCUT2D eigenvalue weighted by Crippen LogP contribution is 2.37. The van der Waals surface area contributed by atoms with E-state index >= 15 is 4.39 Å². The summed E-state index contributed by atoms with van der Waals surface area (Å²) in [4.78, 5) is 16.3. The fourth-order valence-corrected chi connectivity index (χ4v) is 5.20. The van der Waals surface area contributed by atoms with E-state index in [1.807, 2.05) is 53.5 Å². The molecule has 0 bridgehead atoms. The summed E-state index contributed by atoms with van der Waals surface area (Å²) in [5, 5.41) is 17.6. The number of hydrogen-bond donors (Lipinski definition) is 2. The third kappa shape index (κ3) is 5.53. The van der Waals surface area contributed by atoms with Crippen LogP contribution in [0, 0.1) is 11.7 Å². The number of aromatic nitrogens is 7. The van der Waals surface area contributed by atoms with Crippen LogP contribution in [0.1, 0.15) is 37.4 Å². The molecule has 2 N–H and O–H groups in total. The lowest BCUT2D eigenvalue weighted by molar-refractivity contribution is -0.659. The smallest absolute Gasteiger partial charge is 0.411 e. The molecule has 41 heavy (non-hydrogen) atoms. The number of ether oxygens (including phenoxy) is 1. The number of halogens is 2. The number of amides is 1. The molecule has 0 spiro atoms. The lowest BCUT2D eigenvalue weighted by Crippen LogP contribution is -2.33. The first-order valence-electron chi connectivity index (χ1n) is 13.2. The second kappa shape index (κ2) is 11.5. The normalized spacial score (nSPS) is 13.9. The van der Waals surface area contributed by atoms with Crippen molar-refractivity contribution in [2.75, 3.05) is 12.4 Å². The van der Waals surface area contributed by atoms with Gasteiger partial charge in [0.15, 0.2) is 11.0 Å². The largest absolute Gasteiger partial charge is 0.453 e. The van der Waals surface area contributed by atoms with Gasteiger partial charge in [0.2, 0.25) is 0 Å². The molecule has 10 nitrogen and oxygen atoms in total. The molecule has 2 aromatic carbocycles. The Morgan fingerprint density at radius 3 is 2.61 bits per heavy atom. The van der Waals surface area contributed by atoms with E-state index < -0.39 is 11.9 Å². The van der Waals surface area contributed by atoms with Gasteiger partial charge in [0.05, 0.1) is 35.6 Å². The van der Waals surface area contributed by atoms with Gasteiger partial charge in [-0.25, -0.2) is 9.18 Å². The fourth-order valence-electron chi connectivity index (χ4n) is 5.04. The number of aromatic amines is 1. The first-order chi connectivity index (χ1) is 20.0. The highest BCUT2D eigenvalue weighted by molar-refractivity contribution is 6.31. The highest BCUT2D eigenvalue weighted by atomic mass is 35.5. The molecule has 1 amide bonds. The van der Waals surface area contributed by atoms with Gasteiger partial charge in [-0.05, 0) is 48.2 Å². The molecule has 1 fully saturated rings. The quantitative estimate of drug-likeness (QED) is 0.228. The first-order valence-corrected chi connectivity index (χ1v) is 13.6. The molecule has 5 aromatic rings. The maximum absolute atomic E-state index is 15.3. The zero-order valence-corrected chi connectivity index (χ0v) is 22.9. The topological polar surface area (TPSA) is 114 Å². The number of pyridine rings is 1. The molecule has 0 saturated heterocycles. The lowest BCUT2D eigenvalue weighted by Gasteiger charge is -2.29. The number of anilines is 1. The fraction of sp³-hybridized carbons (Fsp3) is 0.241. The van der Waals surface area contributed by atoms with E-state index in [1.165, 1.54) is 43.4 Å². The van der Waals surface area contributed by atoms with Crippen LogP contribution in [0.3, 0.4) is 0 Å². The zero-order valence-electron chi connectivity index (χ0n) is 22.2. The summed E-state index contributed by atoms with van der Waals surface area (Å²) in [5.41, 5.74) is 4.79. The van der Waals surface area contributed by atoms with Crippen molar-refractivity contribution in [2.24, 2.45) is 5.92 Å². The third-order valence-electron chi connectivity index (χ3n) is 7.48. The Kier molecular flexibility index (Phi) is 7.43. The standard InChI is InChI=1S/C29H26ClFN8O2/c1-41-29(40)35-22-8-5-19(6-9-22)21-15-34-38(16-21)26(13-18-3-2-4-18)24-11-7-20(14-32-24)27-25(39-17-33-36-37-39)12-10-23(30)28(27)31/h5-12,14-18,26H,2-4,13H2,1H3,(H,35,40)/p+1. The van der Waals surface area contributed by atoms with Gasteiger partial charge < -0.3 is 4.74 Å². The second-order valence-electron chi connectivity index (χ2n) is 9.98. The Morgan fingerprint density at radius 1 is 1.15 bits per heavy atom. The Labute approximate surface area is 240 Å². The summed E-state index contributed by atoms with van der Waals surface area (Å²) in [7, 11) is 1.32. The molecule has 0 aliphatic heterocycles. The molecule has 1 atom stereocenters. The molecule has 6 rings (SSSR count). The molecule has 1 saturated carbocycles. The number of H-pyrrole nitrogens is 1. The van der Waals surface area contributed by atoms with Crippen LogP contribution in [-0.4, -0.2) is 43.5 Å². The van der Waals surface area contributed by atoms with Crippen LogP contribution in [0.5, 0.6) is 0 Å². The summed E-state index contributed by atoms with van der Waals surface area (Å²) >= 11 is 6.15. The molecular weight excluding hydrogens is 547 g/mol. The van der Waals surface area contributed by atoms with E-state index in [0.29, 0.717) is 28.4 Å². The van der Waals surface area contributed by atoms with E-state index in [-0.39, 0.29) is 11.1 Å². The van der Waals surface area contributed by atoms with Crippen LogP contribution in [0.15, 0.2) is 73.4 Å². The van der Waals surface area contributed by atoms with E-state index in [1.54, 1.807) is 12.3 Å². The zero-order chi connectivity index (χ0) is 28.3. The average molecular weight is 574 g/mol. The van der Waals surface area contributed by atoms with Crippen molar-refractivity contribution < 1.29 is 18.6 Å². The lowest BCUT2D eigenvalue weighted by atomic mass is 9.80. The van der Waals surface area contributed by atoms with Gasteiger partial charge in [-0.1, -0.05) is 54.3 Å². The Hall–Kier alpha value is -4.64. The molecular formula is C29H27ClFN8O2+. The molecule has 12 heteroatoms. The number of nitrogens with one attached hydrogen (secondary N) is 2. The van der Waals surface area contributed by atoms with E-state index in [0.717, 1.165) is 23.2 Å². The van der Waals surface area contributed by atoms with Crippen LogP contribution >= 0.6 is 11.6 Å². The predicted octanol–water partition coefficient (Wildman–Crippen LogP) is 5.76. The number of nitrogens with zero attached hydrogens (tertiary/aromatic N) is 6. The molecule has 1 aliphatic carbocycles.